The van der Waals surface area contributed by atoms with E-state index < -0.39 is 28.5 Å². The standard InChI is InChI=1S/C30H36ClN3O4S/c1-5-6-18-32-30(36)24(4)33(20-25-14-12-22(2)13-15-25)29(35)21-34(28-17-16-26(31)19-23(28)3)39(37,38)27-10-8-7-9-11-27/h7-17,19,24H,5-6,18,20-21H2,1-4H3,(H,32,36). The molecule has 0 spiro atoms. The second kappa shape index (κ2) is 13.6. The summed E-state index contributed by atoms with van der Waals surface area (Å²) in [6, 6.07) is 19.7. The molecular formula is C30H36ClN3O4S. The van der Waals surface area contributed by atoms with Crippen molar-refractivity contribution in [1.82, 2.24) is 10.2 Å². The minimum Gasteiger partial charge on any atom is -0.354 e. The van der Waals surface area contributed by atoms with E-state index in [2.05, 4.69) is 5.32 Å². The molecule has 1 unspecified atom stereocenters. The Kier molecular flexibility index (Phi) is 10.5. The van der Waals surface area contributed by atoms with E-state index in [4.69, 9.17) is 11.6 Å². The van der Waals surface area contributed by atoms with E-state index in [0.717, 1.165) is 28.3 Å². The van der Waals surface area contributed by atoms with Crippen molar-refractivity contribution in [2.45, 2.75) is 58.0 Å². The number of aryl methyl sites for hydroxylation is 2. The predicted molar refractivity (Wildman–Crippen MR) is 156 cm³/mol. The summed E-state index contributed by atoms with van der Waals surface area (Å²) < 4.78 is 28.8. The molecule has 0 bridgehead atoms. The summed E-state index contributed by atoms with van der Waals surface area (Å²) in [5, 5.41) is 3.35. The van der Waals surface area contributed by atoms with Gasteiger partial charge in [0.1, 0.15) is 12.6 Å². The van der Waals surface area contributed by atoms with Crippen molar-refractivity contribution in [2.24, 2.45) is 0 Å². The fraction of sp³-hybridized carbons (Fsp3) is 0.333. The van der Waals surface area contributed by atoms with Crippen LogP contribution in [-0.4, -0.2) is 44.3 Å². The summed E-state index contributed by atoms with van der Waals surface area (Å²) in [6.45, 7) is 7.58. The van der Waals surface area contributed by atoms with E-state index in [1.54, 1.807) is 50.2 Å². The van der Waals surface area contributed by atoms with Crippen LogP contribution in [0, 0.1) is 13.8 Å². The van der Waals surface area contributed by atoms with E-state index in [1.165, 1.54) is 17.0 Å². The zero-order valence-electron chi connectivity index (χ0n) is 22.9. The van der Waals surface area contributed by atoms with E-state index in [9.17, 15) is 18.0 Å². The summed E-state index contributed by atoms with van der Waals surface area (Å²) in [4.78, 5) is 28.5. The van der Waals surface area contributed by atoms with Crippen molar-refractivity contribution in [3.8, 4) is 0 Å². The van der Waals surface area contributed by atoms with Crippen LogP contribution in [0.25, 0.3) is 0 Å². The first kappa shape index (κ1) is 30.2. The van der Waals surface area contributed by atoms with Crippen LogP contribution in [0.2, 0.25) is 5.02 Å². The molecule has 0 radical (unpaired) electrons. The highest BCUT2D eigenvalue weighted by Gasteiger charge is 2.33. The van der Waals surface area contributed by atoms with Crippen LogP contribution in [0.4, 0.5) is 5.69 Å². The van der Waals surface area contributed by atoms with Crippen molar-refractivity contribution in [2.75, 3.05) is 17.4 Å². The Morgan fingerprint density at radius 3 is 2.26 bits per heavy atom. The van der Waals surface area contributed by atoms with Crippen LogP contribution < -0.4 is 9.62 Å². The lowest BCUT2D eigenvalue weighted by Crippen LogP contribution is -2.51. The van der Waals surface area contributed by atoms with Gasteiger partial charge < -0.3 is 10.2 Å². The molecule has 1 N–H and O–H groups in total. The van der Waals surface area contributed by atoms with E-state index in [1.807, 2.05) is 38.1 Å². The highest BCUT2D eigenvalue weighted by atomic mass is 35.5. The van der Waals surface area contributed by atoms with Crippen LogP contribution in [0.15, 0.2) is 77.7 Å². The van der Waals surface area contributed by atoms with Crippen molar-refractivity contribution in [3.63, 3.8) is 0 Å². The highest BCUT2D eigenvalue weighted by Crippen LogP contribution is 2.29. The van der Waals surface area contributed by atoms with Crippen LogP contribution in [0.5, 0.6) is 0 Å². The van der Waals surface area contributed by atoms with E-state index >= 15 is 0 Å². The van der Waals surface area contributed by atoms with Gasteiger partial charge in [0.05, 0.1) is 10.6 Å². The van der Waals surface area contributed by atoms with E-state index in [0.29, 0.717) is 22.8 Å². The maximum Gasteiger partial charge on any atom is 0.264 e. The van der Waals surface area contributed by atoms with Crippen LogP contribution >= 0.6 is 11.6 Å². The number of amides is 2. The van der Waals surface area contributed by atoms with Gasteiger partial charge in [-0.25, -0.2) is 8.42 Å². The van der Waals surface area contributed by atoms with Gasteiger partial charge in [-0.2, -0.15) is 0 Å². The zero-order chi connectivity index (χ0) is 28.6. The number of halogens is 1. The summed E-state index contributed by atoms with van der Waals surface area (Å²) in [7, 11) is -4.12. The van der Waals surface area contributed by atoms with Gasteiger partial charge in [-0.05, 0) is 68.7 Å². The van der Waals surface area contributed by atoms with Gasteiger partial charge in [-0.1, -0.05) is 73.0 Å². The maximum absolute atomic E-state index is 13.9. The number of carbonyl (C=O) groups excluding carboxylic acids is 2. The molecule has 0 heterocycles. The van der Waals surface area contributed by atoms with Crippen LogP contribution in [-0.2, 0) is 26.2 Å². The number of hydrogen-bond acceptors (Lipinski definition) is 4. The van der Waals surface area contributed by atoms with Gasteiger partial charge >= 0.3 is 0 Å². The first-order valence-corrected chi connectivity index (χ1v) is 14.8. The molecule has 1 atom stereocenters. The number of unbranched alkanes of at least 4 members (excludes halogenated alkanes) is 1. The van der Waals surface area contributed by atoms with Gasteiger partial charge in [-0.15, -0.1) is 0 Å². The fourth-order valence-electron chi connectivity index (χ4n) is 4.14. The average molecular weight is 570 g/mol. The molecule has 39 heavy (non-hydrogen) atoms. The number of hydrogen-bond donors (Lipinski definition) is 1. The summed E-state index contributed by atoms with van der Waals surface area (Å²) in [5.74, 6) is -0.786. The number of nitrogens with one attached hydrogen (secondary N) is 1. The summed E-state index contributed by atoms with van der Waals surface area (Å²) >= 11 is 6.15. The predicted octanol–water partition coefficient (Wildman–Crippen LogP) is 5.49. The number of carbonyl (C=O) groups is 2. The van der Waals surface area contributed by atoms with Crippen molar-refractivity contribution in [3.05, 3.63) is 94.5 Å². The molecule has 3 aromatic carbocycles. The second-order valence-electron chi connectivity index (χ2n) is 9.58. The number of benzene rings is 3. The van der Waals surface area contributed by atoms with Crippen molar-refractivity contribution >= 4 is 39.1 Å². The minimum absolute atomic E-state index is 0.0580. The smallest absolute Gasteiger partial charge is 0.264 e. The molecule has 2 amide bonds. The first-order chi connectivity index (χ1) is 18.5. The molecule has 3 rings (SSSR count). The molecule has 3 aromatic rings. The SMILES string of the molecule is CCCCNC(=O)C(C)N(Cc1ccc(C)cc1)C(=O)CN(c1ccc(Cl)cc1C)S(=O)(=O)c1ccccc1. The lowest BCUT2D eigenvalue weighted by molar-refractivity contribution is -0.139. The fourth-order valence-corrected chi connectivity index (χ4v) is 5.87. The van der Waals surface area contributed by atoms with Gasteiger partial charge in [-0.3, -0.25) is 13.9 Å². The summed E-state index contributed by atoms with van der Waals surface area (Å²) in [5.41, 5.74) is 2.85. The Morgan fingerprint density at radius 1 is 0.974 bits per heavy atom. The largest absolute Gasteiger partial charge is 0.354 e. The van der Waals surface area contributed by atoms with Crippen molar-refractivity contribution < 1.29 is 18.0 Å². The Hall–Kier alpha value is -3.36. The Labute approximate surface area is 236 Å². The molecule has 0 fully saturated rings. The first-order valence-electron chi connectivity index (χ1n) is 13.0. The number of sulfonamides is 1. The lowest BCUT2D eigenvalue weighted by atomic mass is 10.1. The van der Waals surface area contributed by atoms with Gasteiger partial charge in [0.25, 0.3) is 10.0 Å². The molecule has 9 heteroatoms. The number of anilines is 1. The quantitative estimate of drug-likeness (QED) is 0.292. The average Bonchev–Trinajstić information content (AvgIpc) is 2.91. The molecule has 0 aliphatic rings. The third kappa shape index (κ3) is 7.83. The molecule has 0 aliphatic carbocycles. The molecule has 0 saturated heterocycles. The third-order valence-electron chi connectivity index (χ3n) is 6.51. The molecule has 7 nitrogen and oxygen atoms in total. The zero-order valence-corrected chi connectivity index (χ0v) is 24.4. The van der Waals surface area contributed by atoms with Gasteiger partial charge in [0.2, 0.25) is 11.8 Å². The lowest BCUT2D eigenvalue weighted by Gasteiger charge is -2.32. The minimum atomic E-state index is -4.12. The Morgan fingerprint density at radius 2 is 1.64 bits per heavy atom. The summed E-state index contributed by atoms with van der Waals surface area (Å²) in [6.07, 6.45) is 1.75. The van der Waals surface area contributed by atoms with Gasteiger partial charge in [0, 0.05) is 18.1 Å². The number of rotatable bonds is 12. The Bertz CT molecular complexity index is 1380. The van der Waals surface area contributed by atoms with Crippen LogP contribution in [0.3, 0.4) is 0 Å². The molecule has 0 aliphatic heterocycles. The van der Waals surface area contributed by atoms with Crippen molar-refractivity contribution in [1.29, 1.82) is 0 Å². The normalized spacial score (nSPS) is 12.0. The maximum atomic E-state index is 13.9. The highest BCUT2D eigenvalue weighted by molar-refractivity contribution is 7.92. The monoisotopic (exact) mass is 569 g/mol. The topological polar surface area (TPSA) is 86.8 Å². The van der Waals surface area contributed by atoms with Crippen LogP contribution in [0.1, 0.15) is 43.4 Å². The third-order valence-corrected chi connectivity index (χ3v) is 8.52. The van der Waals surface area contributed by atoms with E-state index in [-0.39, 0.29) is 17.3 Å². The number of nitrogens with zero attached hydrogens (tertiary/aromatic N) is 2. The molecular weight excluding hydrogens is 534 g/mol. The molecule has 208 valence electrons. The van der Waals surface area contributed by atoms with Gasteiger partial charge in [0.15, 0.2) is 0 Å². The molecule has 0 aromatic heterocycles. The Balaban J connectivity index is 2.01. The molecule has 0 saturated carbocycles. The second-order valence-corrected chi connectivity index (χ2v) is 11.9.